The Morgan fingerprint density at radius 2 is 1.33 bits per heavy atom. The Labute approximate surface area is 205 Å². The van der Waals surface area contributed by atoms with Crippen LogP contribution in [0.5, 0.6) is 0 Å². The number of benzene rings is 3. The highest BCUT2D eigenvalue weighted by molar-refractivity contribution is 6.31. The van der Waals surface area contributed by atoms with Crippen LogP contribution in [-0.4, -0.2) is 27.4 Å². The van der Waals surface area contributed by atoms with E-state index in [-0.39, 0.29) is 6.61 Å². The molecule has 0 aliphatic heterocycles. The number of rotatable bonds is 4. The maximum atomic E-state index is 9.60. The zero-order chi connectivity index (χ0) is 24.2. The van der Waals surface area contributed by atoms with Gasteiger partial charge in [0.05, 0.1) is 16.8 Å². The summed E-state index contributed by atoms with van der Waals surface area (Å²) in [4.78, 5) is 4.91. The van der Waals surface area contributed by atoms with Gasteiger partial charge in [-0.15, -0.1) is 0 Å². The molecule has 0 saturated carbocycles. The van der Waals surface area contributed by atoms with E-state index in [2.05, 4.69) is 19.1 Å². The Morgan fingerprint density at radius 1 is 0.818 bits per heavy atom. The van der Waals surface area contributed by atoms with Crippen LogP contribution in [0.4, 0.5) is 0 Å². The minimum absolute atomic E-state index is 0.100. The van der Waals surface area contributed by atoms with E-state index in [1.165, 1.54) is 0 Å². The molecule has 1 aromatic heterocycles. The van der Waals surface area contributed by atoms with E-state index in [0.717, 1.165) is 44.4 Å². The van der Waals surface area contributed by atoms with E-state index in [0.29, 0.717) is 16.5 Å². The molecule has 0 aliphatic rings. The Balaban J connectivity index is 0.000000555. The molecule has 0 radical (unpaired) electrons. The van der Waals surface area contributed by atoms with Crippen LogP contribution < -0.4 is 0 Å². The van der Waals surface area contributed by atoms with Crippen molar-refractivity contribution in [3.8, 4) is 22.4 Å². The van der Waals surface area contributed by atoms with Gasteiger partial charge in [0.2, 0.25) is 0 Å². The average Bonchev–Trinajstić information content (AvgIpc) is 2.74. The summed E-state index contributed by atoms with van der Waals surface area (Å²) in [6.45, 7) is 7.40. The number of aliphatic hydroxyl groups excluding tert-OH is 1. The Kier molecular flexibility index (Phi) is 8.14. The molecule has 0 bridgehead atoms. The quantitative estimate of drug-likeness (QED) is 0.317. The third-order valence-electron chi connectivity index (χ3n) is 4.96. The highest BCUT2D eigenvalue weighted by Gasteiger charge is 2.15. The number of aryl methyl sites for hydroxylation is 1. The topological polar surface area (TPSA) is 53.4 Å². The molecule has 2 N–H and O–H groups in total. The summed E-state index contributed by atoms with van der Waals surface area (Å²) in [5.41, 5.74) is 6.79. The largest absolute Gasteiger partial charge is 0.396 e. The van der Waals surface area contributed by atoms with Crippen LogP contribution in [0.2, 0.25) is 10.0 Å². The molecule has 0 amide bonds. The fourth-order valence-electron chi connectivity index (χ4n) is 3.61. The van der Waals surface area contributed by atoms with E-state index >= 15 is 0 Å². The lowest BCUT2D eigenvalue weighted by molar-refractivity contribution is 0.102. The first-order chi connectivity index (χ1) is 15.6. The summed E-state index contributed by atoms with van der Waals surface area (Å²) in [7, 11) is 0. The monoisotopic (exact) mass is 481 g/mol. The van der Waals surface area contributed by atoms with Crippen molar-refractivity contribution in [1.29, 1.82) is 0 Å². The number of aromatic nitrogens is 1. The van der Waals surface area contributed by atoms with Gasteiger partial charge in [-0.3, -0.25) is 0 Å². The maximum Gasteiger partial charge on any atom is 0.0718 e. The van der Waals surface area contributed by atoms with Crippen LogP contribution in [0.25, 0.3) is 33.3 Å². The van der Waals surface area contributed by atoms with Gasteiger partial charge < -0.3 is 10.2 Å². The molecule has 33 heavy (non-hydrogen) atoms. The molecular weight excluding hydrogens is 453 g/mol. The van der Waals surface area contributed by atoms with Crippen molar-refractivity contribution in [2.45, 2.75) is 39.7 Å². The lowest BCUT2D eigenvalue weighted by Crippen LogP contribution is -2.10. The molecule has 0 unspecified atom stereocenters. The number of fused-ring (bicyclic) bond motifs is 1. The van der Waals surface area contributed by atoms with Gasteiger partial charge in [0.15, 0.2) is 0 Å². The Morgan fingerprint density at radius 3 is 1.85 bits per heavy atom. The van der Waals surface area contributed by atoms with Gasteiger partial charge in [-0.25, -0.2) is 4.98 Å². The van der Waals surface area contributed by atoms with Crippen molar-refractivity contribution < 1.29 is 10.2 Å². The second-order valence-electron chi connectivity index (χ2n) is 8.97. The van der Waals surface area contributed by atoms with E-state index in [1.54, 1.807) is 20.8 Å². The minimum Gasteiger partial charge on any atom is -0.396 e. The van der Waals surface area contributed by atoms with Crippen LogP contribution >= 0.6 is 23.2 Å². The molecule has 4 rings (SSSR count). The second kappa shape index (κ2) is 10.7. The van der Waals surface area contributed by atoms with Gasteiger partial charge in [-0.2, -0.15) is 0 Å². The minimum atomic E-state index is -0.500. The van der Waals surface area contributed by atoms with Gasteiger partial charge in [-0.1, -0.05) is 53.5 Å². The number of hydrogen-bond acceptors (Lipinski definition) is 3. The lowest BCUT2D eigenvalue weighted by Gasteiger charge is -2.16. The van der Waals surface area contributed by atoms with Gasteiger partial charge in [0.25, 0.3) is 0 Å². The van der Waals surface area contributed by atoms with Crippen LogP contribution in [0, 0.1) is 6.92 Å². The van der Waals surface area contributed by atoms with Crippen molar-refractivity contribution in [1.82, 2.24) is 4.98 Å². The van der Waals surface area contributed by atoms with Gasteiger partial charge in [0, 0.05) is 27.6 Å². The fourth-order valence-corrected chi connectivity index (χ4v) is 3.86. The fraction of sp³-hybridized carbons (Fsp3) is 0.250. The van der Waals surface area contributed by atoms with Crippen LogP contribution in [-0.2, 0) is 6.42 Å². The summed E-state index contributed by atoms with van der Waals surface area (Å²) in [6, 6.07) is 21.8. The number of hydrogen-bond donors (Lipinski definition) is 2. The summed E-state index contributed by atoms with van der Waals surface area (Å²) < 4.78 is 0. The van der Waals surface area contributed by atoms with Crippen LogP contribution in [0.3, 0.4) is 0 Å². The van der Waals surface area contributed by atoms with E-state index < -0.39 is 5.60 Å². The highest BCUT2D eigenvalue weighted by atomic mass is 35.5. The zero-order valence-corrected chi connectivity index (χ0v) is 20.9. The smallest absolute Gasteiger partial charge is 0.0718 e. The molecule has 0 saturated heterocycles. The normalized spacial score (nSPS) is 11.3. The summed E-state index contributed by atoms with van der Waals surface area (Å²) >= 11 is 12.1. The van der Waals surface area contributed by atoms with Crippen molar-refractivity contribution in [2.24, 2.45) is 0 Å². The molecule has 0 spiro atoms. The number of aliphatic hydroxyl groups is 2. The predicted molar refractivity (Wildman–Crippen MR) is 140 cm³/mol. The molecule has 172 valence electrons. The number of halogens is 2. The second-order valence-corrected chi connectivity index (χ2v) is 9.84. The zero-order valence-electron chi connectivity index (χ0n) is 19.4. The number of pyridine rings is 1. The van der Waals surface area contributed by atoms with Gasteiger partial charge >= 0.3 is 0 Å². The Bertz CT molecular complexity index is 1220. The molecule has 1 heterocycles. The molecule has 0 aliphatic carbocycles. The molecule has 3 nitrogen and oxygen atoms in total. The average molecular weight is 482 g/mol. The standard InChI is InChI=1S/C24H19Cl2NO.C4H10O/c1-15-14-23-21(10-11-22(27-23)16-2-6-18(25)7-3-16)24(20(15)12-13-28)17-4-8-19(26)9-5-17;1-4(2,3)5/h2-11,14,28H,12-13H2,1H3;5H,1-3H3. The molecule has 0 fully saturated rings. The lowest BCUT2D eigenvalue weighted by atomic mass is 9.90. The molecule has 4 aromatic rings. The first kappa shape index (κ1) is 25.2. The summed E-state index contributed by atoms with van der Waals surface area (Å²) in [6.07, 6.45) is 0.596. The summed E-state index contributed by atoms with van der Waals surface area (Å²) in [5, 5.41) is 20.6. The van der Waals surface area contributed by atoms with Crippen molar-refractivity contribution in [3.05, 3.63) is 87.9 Å². The third-order valence-corrected chi connectivity index (χ3v) is 5.46. The van der Waals surface area contributed by atoms with E-state index in [1.807, 2.05) is 54.6 Å². The highest BCUT2D eigenvalue weighted by Crippen LogP contribution is 2.36. The van der Waals surface area contributed by atoms with E-state index in [9.17, 15) is 5.11 Å². The number of nitrogens with zero attached hydrogens (tertiary/aromatic N) is 1. The maximum absolute atomic E-state index is 9.60. The van der Waals surface area contributed by atoms with Gasteiger partial charge in [0.1, 0.15) is 0 Å². The van der Waals surface area contributed by atoms with Crippen molar-refractivity contribution >= 4 is 34.1 Å². The first-order valence-electron chi connectivity index (χ1n) is 10.8. The Hall–Kier alpha value is -2.43. The molecule has 5 heteroatoms. The molecular formula is C28H29Cl2NO2. The molecule has 3 aromatic carbocycles. The predicted octanol–water partition coefficient (Wildman–Crippen LogP) is 7.50. The first-order valence-corrected chi connectivity index (χ1v) is 11.6. The molecule has 0 atom stereocenters. The van der Waals surface area contributed by atoms with Crippen molar-refractivity contribution in [3.63, 3.8) is 0 Å². The third kappa shape index (κ3) is 6.78. The van der Waals surface area contributed by atoms with Crippen LogP contribution in [0.15, 0.2) is 66.7 Å². The SMILES string of the molecule is CC(C)(C)O.Cc1cc2nc(-c3ccc(Cl)cc3)ccc2c(-c2ccc(Cl)cc2)c1CCO. The van der Waals surface area contributed by atoms with E-state index in [4.69, 9.17) is 33.3 Å². The summed E-state index contributed by atoms with van der Waals surface area (Å²) in [5.74, 6) is 0. The van der Waals surface area contributed by atoms with Crippen molar-refractivity contribution in [2.75, 3.05) is 6.61 Å². The van der Waals surface area contributed by atoms with Gasteiger partial charge in [-0.05, 0) is 92.8 Å². The van der Waals surface area contributed by atoms with Crippen LogP contribution in [0.1, 0.15) is 31.9 Å².